The molecular weight excluding hydrogens is 356 g/mol. The Morgan fingerprint density at radius 3 is 2.52 bits per heavy atom. The van der Waals surface area contributed by atoms with Crippen LogP contribution < -0.4 is 0 Å². The van der Waals surface area contributed by atoms with Crippen molar-refractivity contribution in [2.45, 2.75) is 13.5 Å². The van der Waals surface area contributed by atoms with Gasteiger partial charge in [0.15, 0.2) is 5.78 Å². The van der Waals surface area contributed by atoms with Gasteiger partial charge in [0.2, 0.25) is 0 Å². The molecule has 3 aromatic carbocycles. The number of rotatable bonds is 5. The Labute approximate surface area is 170 Å². The molecule has 4 rings (SSSR count). The molecule has 0 amide bonds. The molecule has 0 aliphatic heterocycles. The van der Waals surface area contributed by atoms with Gasteiger partial charge >= 0.3 is 0 Å². The van der Waals surface area contributed by atoms with E-state index in [0.29, 0.717) is 17.7 Å². The van der Waals surface area contributed by atoms with E-state index in [-0.39, 0.29) is 5.78 Å². The van der Waals surface area contributed by atoms with Crippen molar-refractivity contribution in [2.24, 2.45) is 0 Å². The van der Waals surface area contributed by atoms with Crippen LogP contribution in [0.2, 0.25) is 0 Å². The summed E-state index contributed by atoms with van der Waals surface area (Å²) in [7, 11) is 0. The SMILES string of the molecule is Cc1ccc(C(=O)/C=C/c2cn(Cc3ccccc3C#N)c3ccccc23)cc1. The smallest absolute Gasteiger partial charge is 0.185 e. The van der Waals surface area contributed by atoms with E-state index in [9.17, 15) is 10.1 Å². The predicted molar refractivity (Wildman–Crippen MR) is 117 cm³/mol. The van der Waals surface area contributed by atoms with E-state index in [0.717, 1.165) is 27.6 Å². The minimum Gasteiger partial charge on any atom is -0.342 e. The number of ketones is 1. The molecule has 0 fully saturated rings. The first-order chi connectivity index (χ1) is 14.2. The number of para-hydroxylation sites is 1. The summed E-state index contributed by atoms with van der Waals surface area (Å²) in [5.74, 6) is -0.0170. The lowest BCUT2D eigenvalue weighted by molar-refractivity contribution is 0.104. The number of allylic oxidation sites excluding steroid dienone is 1. The first-order valence-electron chi connectivity index (χ1n) is 9.50. The van der Waals surface area contributed by atoms with Gasteiger partial charge in [-0.1, -0.05) is 66.2 Å². The van der Waals surface area contributed by atoms with Crippen LogP contribution in [0.5, 0.6) is 0 Å². The largest absolute Gasteiger partial charge is 0.342 e. The van der Waals surface area contributed by atoms with Crippen LogP contribution in [0.3, 0.4) is 0 Å². The topological polar surface area (TPSA) is 45.8 Å². The van der Waals surface area contributed by atoms with Gasteiger partial charge in [-0.25, -0.2) is 0 Å². The highest BCUT2D eigenvalue weighted by Crippen LogP contribution is 2.24. The Hall–Kier alpha value is -3.90. The van der Waals surface area contributed by atoms with Gasteiger partial charge in [-0.15, -0.1) is 0 Å². The lowest BCUT2D eigenvalue weighted by Gasteiger charge is -2.07. The van der Waals surface area contributed by atoms with Crippen molar-refractivity contribution >= 4 is 22.8 Å². The van der Waals surface area contributed by atoms with Gasteiger partial charge in [0.25, 0.3) is 0 Å². The molecule has 140 valence electrons. The van der Waals surface area contributed by atoms with Crippen molar-refractivity contribution in [3.8, 4) is 6.07 Å². The summed E-state index contributed by atoms with van der Waals surface area (Å²) < 4.78 is 2.13. The zero-order chi connectivity index (χ0) is 20.2. The maximum atomic E-state index is 12.5. The first kappa shape index (κ1) is 18.5. The predicted octanol–water partition coefficient (Wildman–Crippen LogP) is 5.77. The molecule has 0 radical (unpaired) electrons. The van der Waals surface area contributed by atoms with Gasteiger partial charge in [-0.05, 0) is 36.8 Å². The molecule has 0 saturated heterocycles. The fraction of sp³-hybridized carbons (Fsp3) is 0.0769. The summed E-state index contributed by atoms with van der Waals surface area (Å²) in [6.45, 7) is 2.60. The molecule has 0 spiro atoms. The fourth-order valence-electron chi connectivity index (χ4n) is 3.47. The Kier molecular flexibility index (Phi) is 5.09. The van der Waals surface area contributed by atoms with Gasteiger partial charge in [0.05, 0.1) is 11.6 Å². The van der Waals surface area contributed by atoms with Crippen LogP contribution in [0.15, 0.2) is 85.1 Å². The van der Waals surface area contributed by atoms with Crippen LogP contribution in [0.1, 0.15) is 32.6 Å². The summed E-state index contributed by atoms with van der Waals surface area (Å²) in [4.78, 5) is 12.5. The molecule has 1 heterocycles. The average Bonchev–Trinajstić information content (AvgIpc) is 3.10. The Balaban J connectivity index is 1.68. The van der Waals surface area contributed by atoms with E-state index in [1.165, 1.54) is 0 Å². The van der Waals surface area contributed by atoms with E-state index in [4.69, 9.17) is 0 Å². The van der Waals surface area contributed by atoms with Crippen molar-refractivity contribution in [3.05, 3.63) is 113 Å². The zero-order valence-corrected chi connectivity index (χ0v) is 16.2. The van der Waals surface area contributed by atoms with Crippen molar-refractivity contribution in [2.75, 3.05) is 0 Å². The summed E-state index contributed by atoms with van der Waals surface area (Å²) in [5, 5.41) is 10.5. The normalized spacial score (nSPS) is 11.0. The minimum atomic E-state index is -0.0170. The lowest BCUT2D eigenvalue weighted by Crippen LogP contribution is -2.00. The number of nitriles is 1. The second-order valence-corrected chi connectivity index (χ2v) is 7.06. The van der Waals surface area contributed by atoms with Crippen LogP contribution in [0.4, 0.5) is 0 Å². The van der Waals surface area contributed by atoms with E-state index in [2.05, 4.69) is 22.8 Å². The molecule has 0 unspecified atom stereocenters. The average molecular weight is 376 g/mol. The molecule has 29 heavy (non-hydrogen) atoms. The van der Waals surface area contributed by atoms with Crippen LogP contribution in [-0.4, -0.2) is 10.4 Å². The second-order valence-electron chi connectivity index (χ2n) is 7.06. The summed E-state index contributed by atoms with van der Waals surface area (Å²) in [6, 6.07) is 25.6. The Morgan fingerprint density at radius 1 is 1.00 bits per heavy atom. The maximum absolute atomic E-state index is 12.5. The van der Waals surface area contributed by atoms with E-state index in [1.54, 1.807) is 6.08 Å². The maximum Gasteiger partial charge on any atom is 0.185 e. The van der Waals surface area contributed by atoms with E-state index >= 15 is 0 Å². The van der Waals surface area contributed by atoms with Gasteiger partial charge in [-0.2, -0.15) is 5.26 Å². The molecule has 0 N–H and O–H groups in total. The highest BCUT2D eigenvalue weighted by Gasteiger charge is 2.09. The van der Waals surface area contributed by atoms with Gasteiger partial charge < -0.3 is 4.57 Å². The number of carbonyl (C=O) groups excluding carboxylic acids is 1. The van der Waals surface area contributed by atoms with Gasteiger partial charge in [0.1, 0.15) is 0 Å². The molecular formula is C26H20N2O. The van der Waals surface area contributed by atoms with Gasteiger partial charge in [-0.3, -0.25) is 4.79 Å². The van der Waals surface area contributed by atoms with Crippen molar-refractivity contribution < 1.29 is 4.79 Å². The summed E-state index contributed by atoms with van der Waals surface area (Å²) >= 11 is 0. The second kappa shape index (κ2) is 8.00. The molecule has 3 heteroatoms. The number of fused-ring (bicyclic) bond motifs is 1. The third kappa shape index (κ3) is 3.88. The monoisotopic (exact) mass is 376 g/mol. The summed E-state index contributed by atoms with van der Waals surface area (Å²) in [5.41, 5.74) is 5.52. The Bertz CT molecular complexity index is 1250. The molecule has 1 aromatic heterocycles. The molecule has 0 aliphatic carbocycles. The summed E-state index contributed by atoms with van der Waals surface area (Å²) in [6.07, 6.45) is 5.54. The van der Waals surface area contributed by atoms with Crippen LogP contribution in [0, 0.1) is 18.3 Å². The van der Waals surface area contributed by atoms with Crippen LogP contribution in [-0.2, 0) is 6.54 Å². The highest BCUT2D eigenvalue weighted by atomic mass is 16.1. The number of hydrogen-bond acceptors (Lipinski definition) is 2. The standard InChI is InChI=1S/C26H20N2O/c1-19-10-12-20(13-11-19)26(29)15-14-23-18-28(25-9-5-4-8-24(23)25)17-22-7-3-2-6-21(22)16-27/h2-15,18H,17H2,1H3/b15-14+. The first-order valence-corrected chi connectivity index (χ1v) is 9.50. The third-order valence-electron chi connectivity index (χ3n) is 5.05. The Morgan fingerprint density at radius 2 is 1.72 bits per heavy atom. The molecule has 0 atom stereocenters. The fourth-order valence-corrected chi connectivity index (χ4v) is 3.47. The molecule has 3 nitrogen and oxygen atoms in total. The zero-order valence-electron chi connectivity index (χ0n) is 16.2. The molecule has 0 aliphatic rings. The molecule has 4 aromatic rings. The van der Waals surface area contributed by atoms with E-state index in [1.807, 2.05) is 79.9 Å². The highest BCUT2D eigenvalue weighted by molar-refractivity contribution is 6.07. The van der Waals surface area contributed by atoms with Crippen molar-refractivity contribution in [3.63, 3.8) is 0 Å². The quantitative estimate of drug-likeness (QED) is 0.328. The number of nitrogens with zero attached hydrogens (tertiary/aromatic N) is 2. The number of benzene rings is 3. The number of carbonyl (C=O) groups is 1. The van der Waals surface area contributed by atoms with E-state index < -0.39 is 0 Å². The number of aromatic nitrogens is 1. The molecule has 0 bridgehead atoms. The van der Waals surface area contributed by atoms with Crippen LogP contribution >= 0.6 is 0 Å². The lowest BCUT2D eigenvalue weighted by atomic mass is 10.1. The van der Waals surface area contributed by atoms with Crippen molar-refractivity contribution in [1.82, 2.24) is 4.57 Å². The molecule has 0 saturated carbocycles. The van der Waals surface area contributed by atoms with Crippen molar-refractivity contribution in [1.29, 1.82) is 5.26 Å². The van der Waals surface area contributed by atoms with Crippen LogP contribution in [0.25, 0.3) is 17.0 Å². The third-order valence-corrected chi connectivity index (χ3v) is 5.05. The minimum absolute atomic E-state index is 0.0170. The number of aryl methyl sites for hydroxylation is 1. The van der Waals surface area contributed by atoms with Gasteiger partial charge in [0, 0.05) is 34.8 Å². The number of hydrogen-bond donors (Lipinski definition) is 0.